The molecule has 2 rings (SSSR count). The predicted molar refractivity (Wildman–Crippen MR) is 84.5 cm³/mol. The lowest BCUT2D eigenvalue weighted by atomic mass is 10.1. The van der Waals surface area contributed by atoms with Gasteiger partial charge in [-0.05, 0) is 18.2 Å². The lowest BCUT2D eigenvalue weighted by Gasteiger charge is -2.18. The number of hydrogen-bond acceptors (Lipinski definition) is 6. The second kappa shape index (κ2) is 8.19. The summed E-state index contributed by atoms with van der Waals surface area (Å²) in [6.07, 6.45) is -10.3. The fourth-order valence-electron chi connectivity index (χ4n) is 2.55. The molecule has 0 unspecified atom stereocenters. The van der Waals surface area contributed by atoms with Gasteiger partial charge in [-0.1, -0.05) is 0 Å². The van der Waals surface area contributed by atoms with Gasteiger partial charge < -0.3 is 24.8 Å². The molecule has 1 amide bonds. The second-order valence-electron chi connectivity index (χ2n) is 5.67. The van der Waals surface area contributed by atoms with Crippen molar-refractivity contribution in [1.82, 2.24) is 4.90 Å². The second-order valence-corrected chi connectivity index (χ2v) is 5.67. The molecule has 7 nitrogen and oxygen atoms in total. The van der Waals surface area contributed by atoms with Crippen molar-refractivity contribution in [2.45, 2.75) is 12.5 Å². The van der Waals surface area contributed by atoms with Gasteiger partial charge in [0.15, 0.2) is 0 Å². The van der Waals surface area contributed by atoms with E-state index in [1.54, 1.807) is 0 Å². The largest absolute Gasteiger partial charge is 0.573 e. The van der Waals surface area contributed by atoms with Gasteiger partial charge >= 0.3 is 18.5 Å². The highest BCUT2D eigenvalue weighted by Crippen LogP contribution is 2.39. The molecule has 160 valence electrons. The van der Waals surface area contributed by atoms with Gasteiger partial charge in [0.05, 0.1) is 37.1 Å². The molecule has 1 aliphatic heterocycles. The highest BCUT2D eigenvalue weighted by molar-refractivity contribution is 6.08. The zero-order valence-electron chi connectivity index (χ0n) is 14.6. The molecule has 0 atom stereocenters. The molecule has 0 bridgehead atoms. The molecule has 13 heteroatoms. The summed E-state index contributed by atoms with van der Waals surface area (Å²) in [5.41, 5.74) is -3.16. The van der Waals surface area contributed by atoms with Crippen molar-refractivity contribution in [3.8, 4) is 5.75 Å². The van der Waals surface area contributed by atoms with Gasteiger partial charge in [0, 0.05) is 6.54 Å². The molecule has 0 radical (unpaired) electrons. The maximum atomic E-state index is 13.3. The Labute approximate surface area is 159 Å². The van der Waals surface area contributed by atoms with Crippen LogP contribution < -0.4 is 10.1 Å². The summed E-state index contributed by atoms with van der Waals surface area (Å²) in [5.74, 6) is -2.99. The number of ether oxygens (including phenoxy) is 2. The Hall–Kier alpha value is -2.96. The van der Waals surface area contributed by atoms with Crippen LogP contribution in [0.2, 0.25) is 0 Å². The minimum Gasteiger partial charge on any atom is -0.466 e. The van der Waals surface area contributed by atoms with Crippen LogP contribution in [0.25, 0.3) is 0 Å². The Morgan fingerprint density at radius 2 is 1.90 bits per heavy atom. The third kappa shape index (κ3) is 5.31. The molecule has 29 heavy (non-hydrogen) atoms. The first-order chi connectivity index (χ1) is 13.4. The number of anilines is 1. The Bertz CT molecular complexity index is 834. The molecule has 1 aliphatic rings. The van der Waals surface area contributed by atoms with Crippen LogP contribution in [0.3, 0.4) is 0 Å². The van der Waals surface area contributed by atoms with Crippen LogP contribution in [0.5, 0.6) is 5.75 Å². The van der Waals surface area contributed by atoms with Gasteiger partial charge in [-0.2, -0.15) is 13.2 Å². The highest BCUT2D eigenvalue weighted by Gasteiger charge is 2.39. The van der Waals surface area contributed by atoms with Crippen LogP contribution in [0.4, 0.5) is 32.0 Å². The lowest BCUT2D eigenvalue weighted by molar-refractivity contribution is -0.274. The minimum atomic E-state index is -5.20. The van der Waals surface area contributed by atoms with E-state index >= 15 is 0 Å². The summed E-state index contributed by atoms with van der Waals surface area (Å²) >= 11 is 0. The van der Waals surface area contributed by atoms with Crippen LogP contribution in [0, 0.1) is 0 Å². The maximum absolute atomic E-state index is 13.3. The van der Waals surface area contributed by atoms with E-state index in [1.165, 1.54) is 0 Å². The number of halogens is 6. The van der Waals surface area contributed by atoms with Crippen LogP contribution >= 0.6 is 0 Å². The van der Waals surface area contributed by atoms with E-state index < -0.39 is 53.7 Å². The number of rotatable bonds is 6. The smallest absolute Gasteiger partial charge is 0.466 e. The number of β-amino-alcohol motifs (C(OH)–C–C–N with tert-alkyl or cyclic N) is 1. The topological polar surface area (TPSA) is 88.1 Å². The Morgan fingerprint density at radius 3 is 2.41 bits per heavy atom. The van der Waals surface area contributed by atoms with Crippen molar-refractivity contribution in [1.29, 1.82) is 0 Å². The summed E-state index contributed by atoms with van der Waals surface area (Å²) in [6, 6.07) is 1.36. The van der Waals surface area contributed by atoms with Crippen LogP contribution in [-0.2, 0) is 20.5 Å². The first kappa shape index (κ1) is 22.3. The zero-order chi connectivity index (χ0) is 22.0. The summed E-state index contributed by atoms with van der Waals surface area (Å²) in [5, 5.41) is 11.1. The van der Waals surface area contributed by atoms with Gasteiger partial charge in [-0.3, -0.25) is 4.79 Å². The minimum absolute atomic E-state index is 0.110. The van der Waals surface area contributed by atoms with E-state index in [1.807, 2.05) is 0 Å². The number of aliphatic hydroxyl groups excluding tert-OH is 1. The van der Waals surface area contributed by atoms with Gasteiger partial charge in [-0.15, -0.1) is 13.2 Å². The number of nitrogens with one attached hydrogen (secondary N) is 1. The molecule has 1 aromatic rings. The summed E-state index contributed by atoms with van der Waals surface area (Å²) < 4.78 is 84.9. The number of carbonyl (C=O) groups excluding carboxylic acids is 2. The molecule has 0 saturated heterocycles. The number of aliphatic hydroxyl groups is 1. The molecule has 0 spiro atoms. The van der Waals surface area contributed by atoms with Crippen LogP contribution in [-0.4, -0.2) is 55.1 Å². The van der Waals surface area contributed by atoms with Crippen LogP contribution in [0.15, 0.2) is 29.5 Å². The Balaban J connectivity index is 2.47. The van der Waals surface area contributed by atoms with Crippen molar-refractivity contribution in [2.75, 3.05) is 32.1 Å². The average Bonchev–Trinajstić information content (AvgIpc) is 2.90. The Morgan fingerprint density at radius 1 is 1.24 bits per heavy atom. The van der Waals surface area contributed by atoms with Gasteiger partial charge in [0.2, 0.25) is 0 Å². The number of esters is 1. The first-order valence-corrected chi connectivity index (χ1v) is 7.83. The number of amides is 1. The zero-order valence-corrected chi connectivity index (χ0v) is 14.6. The summed E-state index contributed by atoms with van der Waals surface area (Å²) in [4.78, 5) is 25.2. The third-order valence-corrected chi connectivity index (χ3v) is 3.74. The summed E-state index contributed by atoms with van der Waals surface area (Å²) in [6.45, 7) is -0.995. The molecule has 2 N–H and O–H groups in total. The number of nitrogens with zero attached hydrogens (tertiary/aromatic N) is 1. The normalized spacial score (nSPS) is 15.0. The fourth-order valence-corrected chi connectivity index (χ4v) is 2.55. The lowest BCUT2D eigenvalue weighted by Crippen LogP contribution is -2.31. The Kier molecular flexibility index (Phi) is 6.30. The number of benzene rings is 1. The standard InChI is InChI=1S/C16H14F6N2O5/c1-28-14(27)9-7-24(4-5-25)13(26)12(9)23-11-3-2-8(29-16(20,21)22)6-10(11)15(17,18)19/h2-3,6,23,25H,4-5,7H2,1H3. The summed E-state index contributed by atoms with van der Waals surface area (Å²) in [7, 11) is 0.997. The molecule has 1 heterocycles. The van der Waals surface area contributed by atoms with Crippen molar-refractivity contribution in [3.63, 3.8) is 0 Å². The van der Waals surface area contributed by atoms with Crippen molar-refractivity contribution in [3.05, 3.63) is 35.0 Å². The maximum Gasteiger partial charge on any atom is 0.573 e. The van der Waals surface area contributed by atoms with E-state index in [0.717, 1.165) is 12.0 Å². The average molecular weight is 428 g/mol. The monoisotopic (exact) mass is 428 g/mol. The highest BCUT2D eigenvalue weighted by atomic mass is 19.4. The van der Waals surface area contributed by atoms with Crippen molar-refractivity contribution < 1.29 is 50.5 Å². The SMILES string of the molecule is COC(=O)C1=C(Nc2ccc(OC(F)(F)F)cc2C(F)(F)F)C(=O)N(CCO)C1. The number of alkyl halides is 6. The first-order valence-electron chi connectivity index (χ1n) is 7.83. The van der Waals surface area contributed by atoms with E-state index in [0.29, 0.717) is 12.1 Å². The van der Waals surface area contributed by atoms with Crippen molar-refractivity contribution in [2.24, 2.45) is 0 Å². The quantitative estimate of drug-likeness (QED) is 0.534. The van der Waals surface area contributed by atoms with Gasteiger partial charge in [-0.25, -0.2) is 4.79 Å². The number of hydrogen-bond donors (Lipinski definition) is 2. The van der Waals surface area contributed by atoms with E-state index in [2.05, 4.69) is 14.8 Å². The molecule has 0 fully saturated rings. The molecule has 0 aromatic heterocycles. The molecule has 1 aromatic carbocycles. The molecular formula is C16H14F6N2O5. The predicted octanol–water partition coefficient (Wildman–Crippen LogP) is 2.28. The van der Waals surface area contributed by atoms with E-state index in [9.17, 15) is 35.9 Å². The van der Waals surface area contributed by atoms with Gasteiger partial charge in [0.25, 0.3) is 5.91 Å². The number of carbonyl (C=O) groups is 2. The van der Waals surface area contributed by atoms with Gasteiger partial charge in [0.1, 0.15) is 11.4 Å². The van der Waals surface area contributed by atoms with Crippen LogP contribution in [0.1, 0.15) is 5.56 Å². The molecule has 0 saturated carbocycles. The van der Waals surface area contributed by atoms with Crippen molar-refractivity contribution >= 4 is 17.6 Å². The fraction of sp³-hybridized carbons (Fsp3) is 0.375. The van der Waals surface area contributed by atoms with E-state index in [4.69, 9.17) is 5.11 Å². The third-order valence-electron chi connectivity index (χ3n) is 3.74. The molecule has 0 aliphatic carbocycles. The van der Waals surface area contributed by atoms with E-state index in [-0.39, 0.29) is 24.7 Å². The molecular weight excluding hydrogens is 414 g/mol. The number of methoxy groups -OCH3 is 1.